The minimum absolute atomic E-state index is 0.0693. The molecule has 0 spiro atoms. The molecule has 2 aromatic heterocycles. The van der Waals surface area contributed by atoms with Gasteiger partial charge in [0.2, 0.25) is 5.89 Å². The summed E-state index contributed by atoms with van der Waals surface area (Å²) in [5.41, 5.74) is 1.37. The molecule has 0 aliphatic carbocycles. The Balaban J connectivity index is 1.63. The molecule has 1 aromatic carbocycles. The molecule has 130 valence electrons. The van der Waals surface area contributed by atoms with Crippen LogP contribution >= 0.6 is 11.8 Å². The van der Waals surface area contributed by atoms with E-state index in [2.05, 4.69) is 20.6 Å². The lowest BCUT2D eigenvalue weighted by Gasteiger charge is -2.03. The summed E-state index contributed by atoms with van der Waals surface area (Å²) in [6.07, 6.45) is 4.31. The first-order chi connectivity index (χ1) is 12.0. The highest BCUT2D eigenvalue weighted by atomic mass is 32.2. The highest BCUT2D eigenvalue weighted by molar-refractivity contribution is 7.98. The van der Waals surface area contributed by atoms with Gasteiger partial charge in [-0.3, -0.25) is 14.8 Å². The molecule has 0 aliphatic rings. The first kappa shape index (κ1) is 17.2. The van der Waals surface area contributed by atoms with Gasteiger partial charge >= 0.3 is 6.01 Å². The third-order valence-corrected chi connectivity index (χ3v) is 4.32. The van der Waals surface area contributed by atoms with Gasteiger partial charge in [-0.15, -0.1) is 16.9 Å². The lowest BCUT2D eigenvalue weighted by Crippen LogP contribution is -2.14. The number of hydrogen-bond donors (Lipinski definition) is 1. The van der Waals surface area contributed by atoms with Gasteiger partial charge in [-0.2, -0.15) is 5.10 Å². The summed E-state index contributed by atoms with van der Waals surface area (Å²) >= 11 is 1.69. The summed E-state index contributed by atoms with van der Waals surface area (Å²) in [5.74, 6) is 0.0684. The smallest absolute Gasteiger partial charge is 0.322 e. The first-order valence-corrected chi connectivity index (χ1v) is 9.09. The number of rotatable bonds is 6. The molecule has 0 saturated heterocycles. The average Bonchev–Trinajstić information content (AvgIpc) is 3.25. The van der Waals surface area contributed by atoms with Gasteiger partial charge < -0.3 is 4.42 Å². The van der Waals surface area contributed by atoms with Gasteiger partial charge in [0.15, 0.2) is 5.69 Å². The molecule has 3 aromatic rings. The van der Waals surface area contributed by atoms with Gasteiger partial charge in [-0.25, -0.2) is 0 Å². The van der Waals surface area contributed by atoms with Crippen LogP contribution in [0.15, 0.2) is 45.8 Å². The quantitative estimate of drug-likeness (QED) is 0.680. The van der Waals surface area contributed by atoms with Gasteiger partial charge in [-0.05, 0) is 43.9 Å². The largest absolute Gasteiger partial charge is 0.407 e. The Labute approximate surface area is 149 Å². The number of aromatic nitrogens is 4. The molecule has 0 saturated carbocycles. The van der Waals surface area contributed by atoms with Crippen LogP contribution in [0.3, 0.4) is 0 Å². The molecule has 2 heterocycles. The van der Waals surface area contributed by atoms with Crippen LogP contribution in [-0.4, -0.2) is 32.1 Å². The third kappa shape index (κ3) is 4.27. The van der Waals surface area contributed by atoms with Crippen LogP contribution in [0, 0.1) is 0 Å². The van der Waals surface area contributed by atoms with Crippen molar-refractivity contribution in [1.82, 2.24) is 20.0 Å². The lowest BCUT2D eigenvalue weighted by molar-refractivity contribution is 0.101. The summed E-state index contributed by atoms with van der Waals surface area (Å²) in [4.78, 5) is 13.4. The Bertz CT molecular complexity index is 854. The standard InChI is InChI=1S/C17H19N5O2S/c1-11(2)22-9-8-14(21-22)16(23)18-17-20-19-15(24-17)10-12-4-6-13(25-3)7-5-12/h4-9,11H,10H2,1-3H3,(H,18,20,23). The maximum absolute atomic E-state index is 12.2. The zero-order valence-electron chi connectivity index (χ0n) is 14.3. The summed E-state index contributed by atoms with van der Waals surface area (Å²) in [5, 5.41) is 14.6. The highest BCUT2D eigenvalue weighted by Gasteiger charge is 2.15. The van der Waals surface area contributed by atoms with Gasteiger partial charge in [0.05, 0.1) is 6.42 Å². The number of hydrogen-bond acceptors (Lipinski definition) is 6. The molecule has 1 amide bonds. The Kier molecular flexibility index (Phi) is 5.18. The zero-order chi connectivity index (χ0) is 17.8. The van der Waals surface area contributed by atoms with Gasteiger partial charge in [0, 0.05) is 17.1 Å². The van der Waals surface area contributed by atoms with Gasteiger partial charge in [0.25, 0.3) is 5.91 Å². The second-order valence-electron chi connectivity index (χ2n) is 5.75. The Hall–Kier alpha value is -2.61. The number of thioether (sulfide) groups is 1. The lowest BCUT2D eigenvalue weighted by atomic mass is 10.1. The Morgan fingerprint density at radius 2 is 2.00 bits per heavy atom. The number of anilines is 1. The molecule has 25 heavy (non-hydrogen) atoms. The Morgan fingerprint density at radius 1 is 1.24 bits per heavy atom. The van der Waals surface area contributed by atoms with E-state index >= 15 is 0 Å². The molecule has 0 atom stereocenters. The highest BCUT2D eigenvalue weighted by Crippen LogP contribution is 2.17. The molecule has 0 bridgehead atoms. The van der Waals surface area contributed by atoms with Crippen molar-refractivity contribution >= 4 is 23.7 Å². The maximum atomic E-state index is 12.2. The molecule has 1 N–H and O–H groups in total. The second kappa shape index (κ2) is 7.52. The van der Waals surface area contributed by atoms with Crippen LogP contribution in [0.1, 0.15) is 41.8 Å². The second-order valence-corrected chi connectivity index (χ2v) is 6.63. The van der Waals surface area contributed by atoms with E-state index in [0.29, 0.717) is 18.0 Å². The minimum Gasteiger partial charge on any atom is -0.407 e. The summed E-state index contributed by atoms with van der Waals surface area (Å²) in [6, 6.07) is 10.0. The average molecular weight is 357 g/mol. The van der Waals surface area contributed by atoms with Crippen molar-refractivity contribution in [1.29, 1.82) is 0 Å². The first-order valence-electron chi connectivity index (χ1n) is 7.87. The van der Waals surface area contributed by atoms with Crippen LogP contribution in [0.5, 0.6) is 0 Å². The molecular formula is C17H19N5O2S. The number of nitrogens with zero attached hydrogens (tertiary/aromatic N) is 4. The van der Waals surface area contributed by atoms with E-state index in [1.54, 1.807) is 28.7 Å². The number of benzene rings is 1. The van der Waals surface area contributed by atoms with Crippen molar-refractivity contribution in [3.8, 4) is 0 Å². The zero-order valence-corrected chi connectivity index (χ0v) is 15.1. The van der Waals surface area contributed by atoms with E-state index in [1.807, 2.05) is 44.4 Å². The SMILES string of the molecule is CSc1ccc(Cc2nnc(NC(=O)c3ccn(C(C)C)n3)o2)cc1. The van der Waals surface area contributed by atoms with E-state index in [4.69, 9.17) is 4.42 Å². The monoisotopic (exact) mass is 357 g/mol. The van der Waals surface area contributed by atoms with E-state index in [-0.39, 0.29) is 18.0 Å². The number of carbonyl (C=O) groups excluding carboxylic acids is 1. The molecule has 8 heteroatoms. The fraction of sp³-hybridized carbons (Fsp3) is 0.294. The molecule has 0 unspecified atom stereocenters. The van der Waals surface area contributed by atoms with Crippen molar-refractivity contribution < 1.29 is 9.21 Å². The topological polar surface area (TPSA) is 85.8 Å². The molecule has 0 radical (unpaired) electrons. The van der Waals surface area contributed by atoms with E-state index in [9.17, 15) is 4.79 Å². The van der Waals surface area contributed by atoms with Crippen LogP contribution in [0.2, 0.25) is 0 Å². The van der Waals surface area contributed by atoms with Gasteiger partial charge in [-0.1, -0.05) is 17.2 Å². The fourth-order valence-electron chi connectivity index (χ4n) is 2.20. The number of carbonyl (C=O) groups is 1. The summed E-state index contributed by atoms with van der Waals surface area (Å²) in [7, 11) is 0. The van der Waals surface area contributed by atoms with Crippen molar-refractivity contribution in [3.05, 3.63) is 53.7 Å². The van der Waals surface area contributed by atoms with E-state index in [1.165, 1.54) is 4.90 Å². The van der Waals surface area contributed by atoms with Gasteiger partial charge in [0.1, 0.15) is 0 Å². The molecule has 7 nitrogen and oxygen atoms in total. The molecule has 3 rings (SSSR count). The van der Waals surface area contributed by atoms with Crippen LogP contribution < -0.4 is 5.32 Å². The molecular weight excluding hydrogens is 338 g/mol. The van der Waals surface area contributed by atoms with Crippen LogP contribution in [0.4, 0.5) is 6.01 Å². The fourth-order valence-corrected chi connectivity index (χ4v) is 2.61. The summed E-state index contributed by atoms with van der Waals surface area (Å²) in [6.45, 7) is 3.98. The van der Waals surface area contributed by atoms with E-state index < -0.39 is 0 Å². The van der Waals surface area contributed by atoms with Crippen LogP contribution in [0.25, 0.3) is 0 Å². The number of nitrogens with one attached hydrogen (secondary N) is 1. The van der Waals surface area contributed by atoms with Crippen molar-refractivity contribution in [3.63, 3.8) is 0 Å². The Morgan fingerprint density at radius 3 is 2.64 bits per heavy atom. The van der Waals surface area contributed by atoms with Crippen molar-refractivity contribution in [2.24, 2.45) is 0 Å². The molecule has 0 aliphatic heterocycles. The normalized spacial score (nSPS) is 11.0. The predicted molar refractivity (Wildman–Crippen MR) is 95.9 cm³/mol. The predicted octanol–water partition coefficient (Wildman–Crippen LogP) is 3.41. The van der Waals surface area contributed by atoms with Crippen LogP contribution in [-0.2, 0) is 6.42 Å². The third-order valence-electron chi connectivity index (χ3n) is 3.57. The summed E-state index contributed by atoms with van der Waals surface area (Å²) < 4.78 is 7.21. The molecule has 0 fully saturated rings. The van der Waals surface area contributed by atoms with Crippen molar-refractivity contribution in [2.45, 2.75) is 31.2 Å². The van der Waals surface area contributed by atoms with E-state index in [0.717, 1.165) is 5.56 Å². The number of amides is 1. The minimum atomic E-state index is -0.376. The maximum Gasteiger partial charge on any atom is 0.322 e. The van der Waals surface area contributed by atoms with Crippen molar-refractivity contribution in [2.75, 3.05) is 11.6 Å².